The molecule has 0 aromatic rings. The van der Waals surface area contributed by atoms with Gasteiger partial charge in [0.2, 0.25) is 0 Å². The fourth-order valence-corrected chi connectivity index (χ4v) is 2.00. The van der Waals surface area contributed by atoms with E-state index in [9.17, 15) is 4.57 Å². The predicted molar refractivity (Wildman–Crippen MR) is 41.4 cm³/mol. The Morgan fingerprint density at radius 1 is 1.22 bits per heavy atom. The number of hydrogen-bond donors (Lipinski definition) is 0. The van der Waals surface area contributed by atoms with E-state index in [1.54, 1.807) is 24.3 Å². The second-order valence-corrected chi connectivity index (χ2v) is 6.90. The Hall–Kier alpha value is 0.290. The quantitative estimate of drug-likeness (QED) is 0.570. The topological polar surface area (TPSA) is 17.1 Å². The van der Waals surface area contributed by atoms with Crippen molar-refractivity contribution in [3.63, 3.8) is 0 Å². The van der Waals surface area contributed by atoms with Gasteiger partial charge in [-0.1, -0.05) is 24.3 Å². The van der Waals surface area contributed by atoms with Crippen molar-refractivity contribution in [1.29, 1.82) is 0 Å². The molecule has 1 rings (SSSR count). The molecule has 0 aromatic heterocycles. The Bertz CT molecular complexity index is 191. The van der Waals surface area contributed by atoms with Crippen LogP contribution in [-0.2, 0) is 4.57 Å². The summed E-state index contributed by atoms with van der Waals surface area (Å²) < 4.78 is 10.8. The van der Waals surface area contributed by atoms with Gasteiger partial charge in [0.1, 0.15) is 0 Å². The standard InChI is InChI=1S/C5H5Cl2OP/c6-9(7,8)5-3-1-2-4-5/h1-5H. The molecule has 0 fully saturated rings. The van der Waals surface area contributed by atoms with Gasteiger partial charge in [-0.15, -0.1) is 0 Å². The Balaban J connectivity index is 2.76. The van der Waals surface area contributed by atoms with Crippen molar-refractivity contribution in [1.82, 2.24) is 0 Å². The molecule has 9 heavy (non-hydrogen) atoms. The maximum atomic E-state index is 10.8. The molecule has 4 heteroatoms. The van der Waals surface area contributed by atoms with Crippen molar-refractivity contribution in [3.05, 3.63) is 24.3 Å². The van der Waals surface area contributed by atoms with E-state index in [4.69, 9.17) is 22.5 Å². The lowest BCUT2D eigenvalue weighted by Crippen LogP contribution is -1.87. The Kier molecular flexibility index (Phi) is 2.05. The van der Waals surface area contributed by atoms with E-state index in [0.717, 1.165) is 0 Å². The maximum absolute atomic E-state index is 10.8. The van der Waals surface area contributed by atoms with Crippen LogP contribution >= 0.6 is 28.3 Å². The van der Waals surface area contributed by atoms with Gasteiger partial charge in [0, 0.05) is 0 Å². The van der Waals surface area contributed by atoms with Gasteiger partial charge in [0.05, 0.1) is 5.66 Å². The molecule has 0 heterocycles. The summed E-state index contributed by atoms with van der Waals surface area (Å²) in [5.74, 6) is -2.94. The van der Waals surface area contributed by atoms with Crippen molar-refractivity contribution >= 4 is 28.3 Å². The van der Waals surface area contributed by atoms with Gasteiger partial charge in [0.15, 0.2) is 0 Å². The van der Waals surface area contributed by atoms with Gasteiger partial charge in [-0.2, -0.15) is 0 Å². The van der Waals surface area contributed by atoms with Crippen LogP contribution in [0.2, 0.25) is 0 Å². The Labute approximate surface area is 63.3 Å². The molecule has 0 aliphatic heterocycles. The molecule has 0 spiro atoms. The van der Waals surface area contributed by atoms with Crippen molar-refractivity contribution in [2.45, 2.75) is 5.66 Å². The summed E-state index contributed by atoms with van der Waals surface area (Å²) in [4.78, 5) is 0. The van der Waals surface area contributed by atoms with Crippen molar-refractivity contribution in [3.8, 4) is 0 Å². The molecule has 1 aliphatic rings. The highest BCUT2D eigenvalue weighted by atomic mass is 35.9. The molecule has 0 N–H and O–H groups in total. The average Bonchev–Trinajstić information content (AvgIpc) is 2.08. The van der Waals surface area contributed by atoms with Crippen molar-refractivity contribution in [2.75, 3.05) is 0 Å². The van der Waals surface area contributed by atoms with Crippen LogP contribution in [0.1, 0.15) is 0 Å². The number of halogens is 2. The van der Waals surface area contributed by atoms with Gasteiger partial charge in [0.25, 0.3) is 5.85 Å². The van der Waals surface area contributed by atoms with Crippen LogP contribution in [0, 0.1) is 0 Å². The van der Waals surface area contributed by atoms with E-state index in [-0.39, 0.29) is 5.66 Å². The third-order valence-corrected chi connectivity index (χ3v) is 3.47. The van der Waals surface area contributed by atoms with Gasteiger partial charge < -0.3 is 0 Å². The second-order valence-electron chi connectivity index (χ2n) is 1.76. The van der Waals surface area contributed by atoms with Crippen LogP contribution in [0.3, 0.4) is 0 Å². The summed E-state index contributed by atoms with van der Waals surface area (Å²) in [5, 5.41) is 0. The molecule has 0 amide bonds. The van der Waals surface area contributed by atoms with Crippen LogP contribution < -0.4 is 0 Å². The van der Waals surface area contributed by atoms with Crippen molar-refractivity contribution in [2.24, 2.45) is 0 Å². The SMILES string of the molecule is O=P(Cl)(Cl)C1C=CC=C1. The van der Waals surface area contributed by atoms with Crippen LogP contribution in [0.15, 0.2) is 24.3 Å². The number of rotatable bonds is 1. The minimum absolute atomic E-state index is 0.263. The number of hydrogen-bond acceptors (Lipinski definition) is 1. The van der Waals surface area contributed by atoms with Gasteiger partial charge in [-0.3, -0.25) is 4.57 Å². The molecule has 0 bridgehead atoms. The third-order valence-electron chi connectivity index (χ3n) is 1.07. The zero-order chi connectivity index (χ0) is 6.91. The highest BCUT2D eigenvalue weighted by Crippen LogP contribution is 2.62. The summed E-state index contributed by atoms with van der Waals surface area (Å²) in [7, 11) is 0. The Morgan fingerprint density at radius 2 is 1.67 bits per heavy atom. The summed E-state index contributed by atoms with van der Waals surface area (Å²) >= 11 is 10.7. The van der Waals surface area contributed by atoms with E-state index < -0.39 is 5.85 Å². The number of allylic oxidation sites excluding steroid dienone is 4. The second kappa shape index (κ2) is 2.49. The molecule has 0 atom stereocenters. The molecule has 50 valence electrons. The first kappa shape index (κ1) is 7.40. The summed E-state index contributed by atoms with van der Waals surface area (Å²) in [6.07, 6.45) is 7.01. The molecular weight excluding hydrogens is 178 g/mol. The lowest BCUT2D eigenvalue weighted by Gasteiger charge is -2.03. The van der Waals surface area contributed by atoms with E-state index in [2.05, 4.69) is 0 Å². The van der Waals surface area contributed by atoms with Gasteiger partial charge >= 0.3 is 0 Å². The van der Waals surface area contributed by atoms with Crippen LogP contribution in [0.5, 0.6) is 0 Å². The van der Waals surface area contributed by atoms with Crippen LogP contribution in [0.4, 0.5) is 0 Å². The first-order chi connectivity index (χ1) is 4.11. The van der Waals surface area contributed by atoms with E-state index in [1.807, 2.05) is 0 Å². The zero-order valence-corrected chi connectivity index (χ0v) is 6.90. The molecule has 1 nitrogen and oxygen atoms in total. The highest BCUT2D eigenvalue weighted by Gasteiger charge is 2.24. The highest BCUT2D eigenvalue weighted by molar-refractivity contribution is 8.09. The molecule has 0 saturated heterocycles. The monoisotopic (exact) mass is 182 g/mol. The summed E-state index contributed by atoms with van der Waals surface area (Å²) in [6, 6.07) is 0. The molecular formula is C5H5Cl2OP. The lowest BCUT2D eigenvalue weighted by atomic mass is 10.5. The predicted octanol–water partition coefficient (Wildman–Crippen LogP) is 3.15. The fourth-order valence-electron chi connectivity index (χ4n) is 0.621. The van der Waals surface area contributed by atoms with Gasteiger partial charge in [-0.05, 0) is 22.5 Å². The zero-order valence-electron chi connectivity index (χ0n) is 4.50. The molecule has 0 aromatic carbocycles. The maximum Gasteiger partial charge on any atom is 0.263 e. The normalized spacial score (nSPS) is 19.3. The van der Waals surface area contributed by atoms with Gasteiger partial charge in [-0.25, -0.2) is 0 Å². The van der Waals surface area contributed by atoms with Crippen LogP contribution in [-0.4, -0.2) is 5.66 Å². The largest absolute Gasteiger partial charge is 0.288 e. The molecule has 0 saturated carbocycles. The van der Waals surface area contributed by atoms with E-state index in [1.165, 1.54) is 0 Å². The minimum Gasteiger partial charge on any atom is -0.288 e. The van der Waals surface area contributed by atoms with E-state index >= 15 is 0 Å². The average molecular weight is 183 g/mol. The summed E-state index contributed by atoms with van der Waals surface area (Å²) in [5.41, 5.74) is -0.263. The smallest absolute Gasteiger partial charge is 0.263 e. The molecule has 1 aliphatic carbocycles. The summed E-state index contributed by atoms with van der Waals surface area (Å²) in [6.45, 7) is 0. The first-order valence-corrected chi connectivity index (χ1v) is 6.03. The molecule has 0 radical (unpaired) electrons. The van der Waals surface area contributed by atoms with Crippen molar-refractivity contribution < 1.29 is 4.57 Å². The molecule has 0 unspecified atom stereocenters. The lowest BCUT2D eigenvalue weighted by molar-refractivity contribution is 0.591. The Morgan fingerprint density at radius 3 is 1.89 bits per heavy atom. The van der Waals surface area contributed by atoms with Crippen LogP contribution in [0.25, 0.3) is 0 Å². The third kappa shape index (κ3) is 1.86. The minimum atomic E-state index is -2.94. The van der Waals surface area contributed by atoms with E-state index in [0.29, 0.717) is 0 Å². The fraction of sp³-hybridized carbons (Fsp3) is 0.200. The first-order valence-electron chi connectivity index (χ1n) is 2.45.